The summed E-state index contributed by atoms with van der Waals surface area (Å²) < 4.78 is 32.8. The highest BCUT2D eigenvalue weighted by Gasteiger charge is 2.36. The molecule has 1 aliphatic heterocycles. The average Bonchev–Trinajstić information content (AvgIpc) is 2.38. The zero-order valence-corrected chi connectivity index (χ0v) is 14.2. The van der Waals surface area contributed by atoms with Crippen LogP contribution in [0.3, 0.4) is 0 Å². The first-order chi connectivity index (χ1) is 9.71. The Hall–Kier alpha value is -0.660. The molecule has 1 aliphatic rings. The summed E-state index contributed by atoms with van der Waals surface area (Å²) in [4.78, 5) is 14.3. The third-order valence-electron chi connectivity index (χ3n) is 4.43. The predicted octanol–water partition coefficient (Wildman–Crippen LogP) is 0.647. The van der Waals surface area contributed by atoms with E-state index in [9.17, 15) is 17.8 Å². The number of amides is 1. The number of carbonyl (C=O) groups is 1. The SMILES string of the molecule is CCN(CC)C(=O)[C@H]1CCC[N@+](C)(CCCS(=O)(=O)[O-])C1. The molecule has 0 bridgehead atoms. The van der Waals surface area contributed by atoms with E-state index in [-0.39, 0.29) is 17.6 Å². The zero-order valence-electron chi connectivity index (χ0n) is 13.4. The quantitative estimate of drug-likeness (QED) is 0.510. The zero-order chi connectivity index (χ0) is 16.1. The first-order valence-electron chi connectivity index (χ1n) is 7.76. The molecule has 1 fully saturated rings. The third-order valence-corrected chi connectivity index (χ3v) is 5.22. The van der Waals surface area contributed by atoms with Crippen molar-refractivity contribution in [1.29, 1.82) is 0 Å². The van der Waals surface area contributed by atoms with Crippen molar-refractivity contribution in [2.75, 3.05) is 45.5 Å². The van der Waals surface area contributed by atoms with Crippen molar-refractivity contribution in [1.82, 2.24) is 4.90 Å². The Morgan fingerprint density at radius 1 is 1.33 bits per heavy atom. The maximum absolute atomic E-state index is 12.5. The third kappa shape index (κ3) is 5.92. The van der Waals surface area contributed by atoms with E-state index in [0.29, 0.717) is 17.4 Å². The highest BCUT2D eigenvalue weighted by Crippen LogP contribution is 2.24. The predicted molar refractivity (Wildman–Crippen MR) is 80.6 cm³/mol. The van der Waals surface area contributed by atoms with Crippen LogP contribution in [0.5, 0.6) is 0 Å². The molecule has 0 unspecified atom stereocenters. The second-order valence-corrected chi connectivity index (χ2v) is 7.74. The summed E-state index contributed by atoms with van der Waals surface area (Å²) in [6.07, 6.45) is 2.25. The van der Waals surface area contributed by atoms with Crippen LogP contribution in [0.15, 0.2) is 0 Å². The lowest BCUT2D eigenvalue weighted by Crippen LogP contribution is -2.55. The van der Waals surface area contributed by atoms with Gasteiger partial charge in [-0.2, -0.15) is 0 Å². The van der Waals surface area contributed by atoms with Gasteiger partial charge in [0.2, 0.25) is 5.91 Å². The van der Waals surface area contributed by atoms with Gasteiger partial charge in [-0.25, -0.2) is 8.42 Å². The molecular weight excluding hydrogens is 292 g/mol. The molecule has 6 nitrogen and oxygen atoms in total. The largest absolute Gasteiger partial charge is 0.748 e. The highest BCUT2D eigenvalue weighted by atomic mass is 32.2. The molecule has 2 atom stereocenters. The van der Waals surface area contributed by atoms with E-state index in [2.05, 4.69) is 7.05 Å². The average molecular weight is 320 g/mol. The molecule has 1 amide bonds. The van der Waals surface area contributed by atoms with Crippen molar-refractivity contribution < 1.29 is 22.2 Å². The van der Waals surface area contributed by atoms with E-state index in [0.717, 1.165) is 39.0 Å². The maximum atomic E-state index is 12.5. The Balaban J connectivity index is 2.59. The molecule has 1 heterocycles. The number of rotatable bonds is 7. The van der Waals surface area contributed by atoms with Gasteiger partial charge >= 0.3 is 0 Å². The van der Waals surface area contributed by atoms with Crippen LogP contribution < -0.4 is 0 Å². The van der Waals surface area contributed by atoms with Crippen molar-refractivity contribution in [2.24, 2.45) is 5.92 Å². The monoisotopic (exact) mass is 320 g/mol. The molecular formula is C14H28N2O4S. The van der Waals surface area contributed by atoms with Gasteiger partial charge in [-0.05, 0) is 26.7 Å². The topological polar surface area (TPSA) is 77.5 Å². The summed E-state index contributed by atoms with van der Waals surface area (Å²) in [6, 6.07) is 0. The summed E-state index contributed by atoms with van der Waals surface area (Å²) >= 11 is 0. The summed E-state index contributed by atoms with van der Waals surface area (Å²) in [5, 5.41) is 0. The van der Waals surface area contributed by atoms with Crippen LogP contribution in [0.4, 0.5) is 0 Å². The second-order valence-electron chi connectivity index (χ2n) is 6.21. The number of quaternary nitrogens is 1. The standard InChI is InChI=1S/C14H28N2O4S/c1-4-15(5-2)14(17)13-8-6-9-16(3,12-13)10-7-11-21(18,19)20/h13H,4-12H2,1-3H3/t13-,16+/m0/s1. The molecule has 1 saturated heterocycles. The molecule has 0 aromatic heterocycles. The van der Waals surface area contributed by atoms with Crippen LogP contribution >= 0.6 is 0 Å². The molecule has 0 saturated carbocycles. The summed E-state index contributed by atoms with van der Waals surface area (Å²) in [5.74, 6) is -0.0804. The minimum absolute atomic E-state index is 0.0208. The van der Waals surface area contributed by atoms with Crippen LogP contribution in [0.2, 0.25) is 0 Å². The van der Waals surface area contributed by atoms with E-state index >= 15 is 0 Å². The number of nitrogens with zero attached hydrogens (tertiary/aromatic N) is 2. The summed E-state index contributed by atoms with van der Waals surface area (Å²) in [7, 11) is -2.08. The fourth-order valence-corrected chi connectivity index (χ4v) is 3.74. The van der Waals surface area contributed by atoms with E-state index in [1.54, 1.807) is 0 Å². The van der Waals surface area contributed by atoms with Crippen LogP contribution in [0.1, 0.15) is 33.1 Å². The normalized spacial score (nSPS) is 26.6. The number of carbonyl (C=O) groups excluding carboxylic acids is 1. The molecule has 0 aromatic rings. The van der Waals surface area contributed by atoms with Crippen LogP contribution in [0.25, 0.3) is 0 Å². The maximum Gasteiger partial charge on any atom is 0.231 e. The van der Waals surface area contributed by atoms with Crippen molar-refractivity contribution in [3.8, 4) is 0 Å². The van der Waals surface area contributed by atoms with Crippen LogP contribution in [-0.4, -0.2) is 73.8 Å². The summed E-state index contributed by atoms with van der Waals surface area (Å²) in [5.41, 5.74) is 0. The first-order valence-corrected chi connectivity index (χ1v) is 9.34. The molecule has 0 spiro atoms. The van der Waals surface area contributed by atoms with Crippen molar-refractivity contribution in [3.05, 3.63) is 0 Å². The number of hydrogen-bond donors (Lipinski definition) is 0. The van der Waals surface area contributed by atoms with Crippen LogP contribution in [-0.2, 0) is 14.9 Å². The fraction of sp³-hybridized carbons (Fsp3) is 0.929. The lowest BCUT2D eigenvalue weighted by atomic mass is 9.94. The molecule has 0 radical (unpaired) electrons. The molecule has 0 N–H and O–H groups in total. The van der Waals surface area contributed by atoms with Gasteiger partial charge in [0.25, 0.3) is 0 Å². The molecule has 1 rings (SSSR count). The molecule has 7 heteroatoms. The lowest BCUT2D eigenvalue weighted by Gasteiger charge is -2.42. The van der Waals surface area contributed by atoms with E-state index in [1.807, 2.05) is 18.7 Å². The minimum atomic E-state index is -4.14. The van der Waals surface area contributed by atoms with Gasteiger partial charge in [0.15, 0.2) is 0 Å². The van der Waals surface area contributed by atoms with Gasteiger partial charge in [-0.1, -0.05) is 0 Å². The highest BCUT2D eigenvalue weighted by molar-refractivity contribution is 7.85. The molecule has 21 heavy (non-hydrogen) atoms. The van der Waals surface area contributed by atoms with Crippen molar-refractivity contribution in [2.45, 2.75) is 33.1 Å². The Morgan fingerprint density at radius 2 is 1.95 bits per heavy atom. The van der Waals surface area contributed by atoms with Gasteiger partial charge in [-0.15, -0.1) is 0 Å². The smallest absolute Gasteiger partial charge is 0.231 e. The number of likely N-dealkylation sites (tertiary alicyclic amines) is 1. The first kappa shape index (κ1) is 18.4. The van der Waals surface area contributed by atoms with E-state index in [1.165, 1.54) is 0 Å². The van der Waals surface area contributed by atoms with Gasteiger partial charge in [0.1, 0.15) is 0 Å². The number of piperidine rings is 1. The van der Waals surface area contributed by atoms with E-state index in [4.69, 9.17) is 0 Å². The van der Waals surface area contributed by atoms with Crippen LogP contribution in [0, 0.1) is 5.92 Å². The lowest BCUT2D eigenvalue weighted by molar-refractivity contribution is -0.916. The Labute approximate surface area is 128 Å². The van der Waals surface area contributed by atoms with Gasteiger partial charge in [0, 0.05) is 25.3 Å². The van der Waals surface area contributed by atoms with E-state index < -0.39 is 10.1 Å². The van der Waals surface area contributed by atoms with Gasteiger partial charge in [0.05, 0.1) is 42.7 Å². The molecule has 0 aromatic carbocycles. The fourth-order valence-electron chi connectivity index (χ4n) is 3.26. The second kappa shape index (κ2) is 7.56. The Bertz CT molecular complexity index is 448. The van der Waals surface area contributed by atoms with Crippen molar-refractivity contribution >= 4 is 16.0 Å². The minimum Gasteiger partial charge on any atom is -0.748 e. The summed E-state index contributed by atoms with van der Waals surface area (Å²) in [6.45, 7) is 7.75. The Kier molecular flexibility index (Phi) is 6.62. The Morgan fingerprint density at radius 3 is 2.48 bits per heavy atom. The van der Waals surface area contributed by atoms with Gasteiger partial charge in [-0.3, -0.25) is 4.79 Å². The molecule has 124 valence electrons. The number of hydrogen-bond acceptors (Lipinski definition) is 4. The van der Waals surface area contributed by atoms with Gasteiger partial charge < -0.3 is 13.9 Å². The molecule has 0 aliphatic carbocycles. The van der Waals surface area contributed by atoms with Crippen molar-refractivity contribution in [3.63, 3.8) is 0 Å².